The Balaban J connectivity index is 1.70. The number of unbranched alkanes of at least 4 members (excludes halogenated alkanes) is 1. The first kappa shape index (κ1) is 18.2. The molecule has 2 rings (SSSR count). The molecule has 0 aliphatic heterocycles. The molecule has 1 fully saturated rings. The molecule has 0 spiro atoms. The van der Waals surface area contributed by atoms with Crippen LogP contribution in [0.15, 0.2) is 29.3 Å². The van der Waals surface area contributed by atoms with Gasteiger partial charge in [-0.15, -0.1) is 0 Å². The SMILES string of the molecule is CCNC(=NCCCCc1ccc([N+](=O)[O-])cc1)NC1CCCC1. The summed E-state index contributed by atoms with van der Waals surface area (Å²) >= 11 is 0. The van der Waals surface area contributed by atoms with E-state index in [1.165, 1.54) is 25.7 Å². The zero-order valence-electron chi connectivity index (χ0n) is 14.5. The highest BCUT2D eigenvalue weighted by molar-refractivity contribution is 5.80. The van der Waals surface area contributed by atoms with E-state index in [9.17, 15) is 10.1 Å². The van der Waals surface area contributed by atoms with Gasteiger partial charge in [0.15, 0.2) is 5.96 Å². The first-order valence-corrected chi connectivity index (χ1v) is 8.97. The second-order valence-electron chi connectivity index (χ2n) is 6.27. The van der Waals surface area contributed by atoms with E-state index in [1.807, 2.05) is 12.1 Å². The van der Waals surface area contributed by atoms with Gasteiger partial charge in [0.1, 0.15) is 0 Å². The van der Waals surface area contributed by atoms with Crippen LogP contribution in [-0.2, 0) is 6.42 Å². The number of nitro groups is 1. The lowest BCUT2D eigenvalue weighted by molar-refractivity contribution is -0.384. The quantitative estimate of drug-likeness (QED) is 0.251. The molecular formula is C18H28N4O2. The summed E-state index contributed by atoms with van der Waals surface area (Å²) in [5, 5.41) is 17.5. The van der Waals surface area contributed by atoms with E-state index >= 15 is 0 Å². The minimum atomic E-state index is -0.363. The standard InChI is InChI=1S/C18H28N4O2/c1-2-19-18(21-16-8-3-4-9-16)20-14-6-5-7-15-10-12-17(13-11-15)22(23)24/h10-13,16H,2-9,14H2,1H3,(H2,19,20,21). The molecule has 1 aliphatic rings. The largest absolute Gasteiger partial charge is 0.357 e. The summed E-state index contributed by atoms with van der Waals surface area (Å²) in [6.07, 6.45) is 8.08. The molecule has 24 heavy (non-hydrogen) atoms. The summed E-state index contributed by atoms with van der Waals surface area (Å²) in [6, 6.07) is 7.40. The number of nitro benzene ring substituents is 1. The van der Waals surface area contributed by atoms with Gasteiger partial charge in [-0.05, 0) is 44.6 Å². The molecule has 132 valence electrons. The topological polar surface area (TPSA) is 79.6 Å². The minimum absolute atomic E-state index is 0.150. The predicted octanol–water partition coefficient (Wildman–Crippen LogP) is 3.42. The summed E-state index contributed by atoms with van der Waals surface area (Å²) in [5.41, 5.74) is 1.29. The van der Waals surface area contributed by atoms with Crippen LogP contribution < -0.4 is 10.6 Å². The van der Waals surface area contributed by atoms with Crippen molar-refractivity contribution in [3.63, 3.8) is 0 Å². The van der Waals surface area contributed by atoms with Crippen LogP contribution in [-0.4, -0.2) is 30.0 Å². The lowest BCUT2D eigenvalue weighted by atomic mass is 10.1. The Bertz CT molecular complexity index is 536. The van der Waals surface area contributed by atoms with Gasteiger partial charge in [-0.3, -0.25) is 15.1 Å². The monoisotopic (exact) mass is 332 g/mol. The van der Waals surface area contributed by atoms with Crippen LogP contribution in [0, 0.1) is 10.1 Å². The number of nitrogens with zero attached hydrogens (tertiary/aromatic N) is 2. The third-order valence-corrected chi connectivity index (χ3v) is 4.33. The average Bonchev–Trinajstić information content (AvgIpc) is 3.08. The lowest BCUT2D eigenvalue weighted by Gasteiger charge is -2.16. The van der Waals surface area contributed by atoms with Gasteiger partial charge in [0.05, 0.1) is 4.92 Å². The number of benzene rings is 1. The van der Waals surface area contributed by atoms with Gasteiger partial charge in [0.2, 0.25) is 0 Å². The van der Waals surface area contributed by atoms with Crippen molar-refractivity contribution in [2.24, 2.45) is 4.99 Å². The maximum absolute atomic E-state index is 10.6. The fraction of sp³-hybridized carbons (Fsp3) is 0.611. The van der Waals surface area contributed by atoms with E-state index in [4.69, 9.17) is 0 Å². The fourth-order valence-electron chi connectivity index (χ4n) is 3.00. The van der Waals surface area contributed by atoms with E-state index in [0.717, 1.165) is 43.9 Å². The van der Waals surface area contributed by atoms with E-state index in [2.05, 4.69) is 22.5 Å². The Kier molecular flexibility index (Phi) is 7.52. The highest BCUT2D eigenvalue weighted by Crippen LogP contribution is 2.17. The van der Waals surface area contributed by atoms with Crippen LogP contribution in [0.3, 0.4) is 0 Å². The molecule has 2 N–H and O–H groups in total. The molecule has 0 amide bonds. The molecule has 0 radical (unpaired) electrons. The average molecular weight is 332 g/mol. The minimum Gasteiger partial charge on any atom is -0.357 e. The predicted molar refractivity (Wildman–Crippen MR) is 97.4 cm³/mol. The van der Waals surface area contributed by atoms with Crippen molar-refractivity contribution in [2.45, 2.75) is 57.9 Å². The van der Waals surface area contributed by atoms with Crippen LogP contribution in [0.1, 0.15) is 51.0 Å². The van der Waals surface area contributed by atoms with Crippen molar-refractivity contribution in [3.8, 4) is 0 Å². The van der Waals surface area contributed by atoms with Crippen molar-refractivity contribution in [2.75, 3.05) is 13.1 Å². The number of guanidine groups is 1. The second kappa shape index (κ2) is 9.90. The van der Waals surface area contributed by atoms with Gasteiger partial charge >= 0.3 is 0 Å². The van der Waals surface area contributed by atoms with E-state index in [1.54, 1.807) is 12.1 Å². The van der Waals surface area contributed by atoms with Crippen molar-refractivity contribution in [3.05, 3.63) is 39.9 Å². The zero-order chi connectivity index (χ0) is 17.2. The van der Waals surface area contributed by atoms with Crippen LogP contribution in [0.5, 0.6) is 0 Å². The molecule has 0 bridgehead atoms. The van der Waals surface area contributed by atoms with Crippen molar-refractivity contribution in [1.29, 1.82) is 0 Å². The number of rotatable bonds is 8. The Morgan fingerprint density at radius 2 is 1.96 bits per heavy atom. The first-order valence-electron chi connectivity index (χ1n) is 8.97. The maximum atomic E-state index is 10.6. The van der Waals surface area contributed by atoms with Gasteiger partial charge < -0.3 is 10.6 Å². The third kappa shape index (κ3) is 6.18. The van der Waals surface area contributed by atoms with Crippen molar-refractivity contribution < 1.29 is 4.92 Å². The van der Waals surface area contributed by atoms with Gasteiger partial charge in [-0.2, -0.15) is 0 Å². The fourth-order valence-corrected chi connectivity index (χ4v) is 3.00. The molecule has 0 unspecified atom stereocenters. The summed E-state index contributed by atoms with van der Waals surface area (Å²) in [4.78, 5) is 14.9. The molecule has 1 aromatic rings. The molecule has 1 aromatic carbocycles. The summed E-state index contributed by atoms with van der Waals surface area (Å²) in [6.45, 7) is 3.76. The Morgan fingerprint density at radius 3 is 2.58 bits per heavy atom. The van der Waals surface area contributed by atoms with Crippen LogP contribution >= 0.6 is 0 Å². The number of aliphatic imine (C=N–C) groups is 1. The van der Waals surface area contributed by atoms with Crippen molar-refractivity contribution in [1.82, 2.24) is 10.6 Å². The second-order valence-corrected chi connectivity index (χ2v) is 6.27. The zero-order valence-corrected chi connectivity index (χ0v) is 14.5. The first-order chi connectivity index (χ1) is 11.7. The van der Waals surface area contributed by atoms with E-state index < -0.39 is 0 Å². The normalized spacial score (nSPS) is 15.5. The third-order valence-electron chi connectivity index (χ3n) is 4.33. The summed E-state index contributed by atoms with van der Waals surface area (Å²) < 4.78 is 0. The van der Waals surface area contributed by atoms with Crippen LogP contribution in [0.2, 0.25) is 0 Å². The van der Waals surface area contributed by atoms with Crippen LogP contribution in [0.4, 0.5) is 5.69 Å². The number of hydrogen-bond acceptors (Lipinski definition) is 3. The highest BCUT2D eigenvalue weighted by Gasteiger charge is 2.15. The molecule has 6 nitrogen and oxygen atoms in total. The van der Waals surface area contributed by atoms with Gasteiger partial charge in [-0.25, -0.2) is 0 Å². The number of hydrogen-bond donors (Lipinski definition) is 2. The molecule has 0 saturated heterocycles. The molecular weight excluding hydrogens is 304 g/mol. The molecule has 6 heteroatoms. The maximum Gasteiger partial charge on any atom is 0.269 e. The smallest absolute Gasteiger partial charge is 0.269 e. The summed E-state index contributed by atoms with van der Waals surface area (Å²) in [5.74, 6) is 0.930. The van der Waals surface area contributed by atoms with Crippen molar-refractivity contribution >= 4 is 11.6 Å². The molecule has 0 heterocycles. The molecule has 0 aromatic heterocycles. The molecule has 0 atom stereocenters. The highest BCUT2D eigenvalue weighted by atomic mass is 16.6. The molecule has 1 saturated carbocycles. The van der Waals surface area contributed by atoms with Crippen LogP contribution in [0.25, 0.3) is 0 Å². The summed E-state index contributed by atoms with van der Waals surface area (Å²) in [7, 11) is 0. The number of aryl methyl sites for hydroxylation is 1. The van der Waals surface area contributed by atoms with Gasteiger partial charge in [0.25, 0.3) is 5.69 Å². The van der Waals surface area contributed by atoms with Gasteiger partial charge in [0, 0.05) is 31.3 Å². The Hall–Kier alpha value is -2.11. The van der Waals surface area contributed by atoms with E-state index in [0.29, 0.717) is 6.04 Å². The number of non-ortho nitro benzene ring substituents is 1. The Labute approximate surface area is 143 Å². The van der Waals surface area contributed by atoms with Gasteiger partial charge in [-0.1, -0.05) is 25.0 Å². The Morgan fingerprint density at radius 1 is 1.25 bits per heavy atom. The lowest BCUT2D eigenvalue weighted by Crippen LogP contribution is -2.42. The van der Waals surface area contributed by atoms with E-state index in [-0.39, 0.29) is 10.6 Å². The molecule has 1 aliphatic carbocycles. The number of nitrogens with one attached hydrogen (secondary N) is 2.